The number of hydrogen-bond acceptors (Lipinski definition) is 5. The van der Waals surface area contributed by atoms with E-state index in [1.54, 1.807) is 20.0 Å². The van der Waals surface area contributed by atoms with Gasteiger partial charge in [0.15, 0.2) is 0 Å². The molecule has 0 aliphatic carbocycles. The van der Waals surface area contributed by atoms with E-state index in [-0.39, 0.29) is 11.1 Å². The molecule has 0 spiro atoms. The lowest BCUT2D eigenvalue weighted by atomic mass is 9.95. The Kier molecular flexibility index (Phi) is 4.89. The minimum atomic E-state index is -0.269. The molecule has 1 fully saturated rings. The zero-order chi connectivity index (χ0) is 26.2. The molecule has 0 bridgehead atoms. The van der Waals surface area contributed by atoms with Crippen molar-refractivity contribution in [2.24, 2.45) is 21.1 Å². The minimum Gasteiger partial charge on any atom is -0.370 e. The maximum atomic E-state index is 12.9. The fourth-order valence-corrected chi connectivity index (χ4v) is 5.32. The van der Waals surface area contributed by atoms with Gasteiger partial charge in [0.05, 0.1) is 51.3 Å². The van der Waals surface area contributed by atoms with E-state index in [4.69, 9.17) is 4.98 Å². The van der Waals surface area contributed by atoms with E-state index in [1.165, 1.54) is 0 Å². The van der Waals surface area contributed by atoms with E-state index in [2.05, 4.69) is 53.5 Å². The topological polar surface area (TPSA) is 89.6 Å². The van der Waals surface area contributed by atoms with E-state index in [0.29, 0.717) is 5.56 Å². The van der Waals surface area contributed by atoms with Crippen LogP contribution in [0.5, 0.6) is 0 Å². The quantitative estimate of drug-likeness (QED) is 0.378. The van der Waals surface area contributed by atoms with Gasteiger partial charge in [0.1, 0.15) is 5.82 Å². The summed E-state index contributed by atoms with van der Waals surface area (Å²) in [5, 5.41) is 14.4. The third-order valence-electron chi connectivity index (χ3n) is 7.38. The maximum Gasteiger partial charge on any atom is 0.328 e. The summed E-state index contributed by atoms with van der Waals surface area (Å²) >= 11 is 0. The summed E-state index contributed by atoms with van der Waals surface area (Å²) in [4.78, 5) is 20.3. The van der Waals surface area contributed by atoms with Crippen molar-refractivity contribution in [2.45, 2.75) is 32.6 Å². The van der Waals surface area contributed by atoms with Gasteiger partial charge in [-0.05, 0) is 30.7 Å². The number of hydrogen-bond donors (Lipinski definition) is 0. The number of benzene rings is 2. The van der Waals surface area contributed by atoms with Gasteiger partial charge in [-0.15, -0.1) is 0 Å². The largest absolute Gasteiger partial charge is 0.370 e. The van der Waals surface area contributed by atoms with Crippen molar-refractivity contribution < 1.29 is 0 Å². The molecule has 2 aromatic carbocycles. The Morgan fingerprint density at radius 3 is 2.35 bits per heavy atom. The molecule has 188 valence electrons. The van der Waals surface area contributed by atoms with E-state index in [1.807, 2.05) is 39.5 Å². The zero-order valence-corrected chi connectivity index (χ0v) is 22.1. The summed E-state index contributed by atoms with van der Waals surface area (Å²) < 4.78 is 7.33. The van der Waals surface area contributed by atoms with Gasteiger partial charge in [-0.3, -0.25) is 18.4 Å². The van der Waals surface area contributed by atoms with Crippen LogP contribution in [-0.2, 0) is 26.6 Å². The molecule has 1 saturated heterocycles. The number of aromatic nitrogens is 6. The Hall–Kier alpha value is -4.32. The molecular weight excluding hydrogens is 464 g/mol. The molecule has 9 nitrogen and oxygen atoms in total. The normalized spacial score (nSPS) is 13.9. The van der Waals surface area contributed by atoms with Crippen LogP contribution in [0.15, 0.2) is 41.5 Å². The molecule has 0 amide bonds. The van der Waals surface area contributed by atoms with Gasteiger partial charge in [-0.25, -0.2) is 9.78 Å². The predicted octanol–water partition coefficient (Wildman–Crippen LogP) is 4.00. The second-order valence-electron chi connectivity index (χ2n) is 11.0. The molecule has 0 N–H and O–H groups in total. The molecule has 5 aromatic rings. The number of fused-ring (bicyclic) bond motifs is 2. The minimum absolute atomic E-state index is 0.0478. The molecule has 3 aromatic heterocycles. The molecule has 0 radical (unpaired) electrons. The van der Waals surface area contributed by atoms with Crippen molar-refractivity contribution in [1.29, 1.82) is 5.26 Å². The Bertz CT molecular complexity index is 1810. The average Bonchev–Trinajstić information content (AvgIpc) is 3.48. The summed E-state index contributed by atoms with van der Waals surface area (Å²) in [6, 6.07) is 10.5. The standard InChI is InChI=1S/C28H30N8O/c1-28(2,3)26-31-21-13-20(18-15-30-32(4)16-18)17(14-29)10-22(21)36(26)19-11-23-25(34(6)27(37)33(23)5)24(12-19)35-8-7-9-35/h10-13,15-16H,7-9H2,1-6H3. The average molecular weight is 495 g/mol. The second-order valence-corrected chi connectivity index (χ2v) is 11.0. The van der Waals surface area contributed by atoms with Gasteiger partial charge in [-0.2, -0.15) is 10.4 Å². The van der Waals surface area contributed by atoms with Crippen LogP contribution in [0.25, 0.3) is 38.9 Å². The van der Waals surface area contributed by atoms with Gasteiger partial charge >= 0.3 is 5.69 Å². The molecule has 4 heterocycles. The number of anilines is 1. The van der Waals surface area contributed by atoms with Crippen LogP contribution in [0.3, 0.4) is 0 Å². The number of nitrogens with zero attached hydrogens (tertiary/aromatic N) is 8. The SMILES string of the molecule is Cn1cc(-c2cc3nc(C(C)(C)C)n(-c4cc(N5CCC5)c5c(c4)n(C)c(=O)n5C)c3cc2C#N)cn1. The van der Waals surface area contributed by atoms with Crippen molar-refractivity contribution in [1.82, 2.24) is 28.5 Å². The Morgan fingerprint density at radius 1 is 1.00 bits per heavy atom. The first kappa shape index (κ1) is 23.1. The van der Waals surface area contributed by atoms with Crippen LogP contribution in [0.1, 0.15) is 38.6 Å². The van der Waals surface area contributed by atoms with Crippen molar-refractivity contribution in [3.8, 4) is 22.9 Å². The van der Waals surface area contributed by atoms with Crippen molar-refractivity contribution in [3.05, 3.63) is 58.5 Å². The Balaban J connectivity index is 1.69. The first-order valence-corrected chi connectivity index (χ1v) is 12.5. The lowest BCUT2D eigenvalue weighted by molar-refractivity contribution is 0.539. The fraction of sp³-hybridized carbons (Fsp3) is 0.357. The number of rotatable bonds is 3. The Labute approximate surface area is 214 Å². The maximum absolute atomic E-state index is 12.9. The van der Waals surface area contributed by atoms with Crippen LogP contribution < -0.4 is 10.6 Å². The second kappa shape index (κ2) is 7.84. The fourth-order valence-electron chi connectivity index (χ4n) is 5.32. The van der Waals surface area contributed by atoms with Gasteiger partial charge in [0, 0.05) is 57.0 Å². The summed E-state index contributed by atoms with van der Waals surface area (Å²) in [5.41, 5.74) is 7.42. The third-order valence-corrected chi connectivity index (χ3v) is 7.38. The van der Waals surface area contributed by atoms with E-state index < -0.39 is 0 Å². The van der Waals surface area contributed by atoms with Gasteiger partial charge in [-0.1, -0.05) is 20.8 Å². The van der Waals surface area contributed by atoms with Crippen LogP contribution >= 0.6 is 0 Å². The van der Waals surface area contributed by atoms with Crippen molar-refractivity contribution in [2.75, 3.05) is 18.0 Å². The predicted molar refractivity (Wildman–Crippen MR) is 145 cm³/mol. The Morgan fingerprint density at radius 2 is 1.76 bits per heavy atom. The first-order valence-electron chi connectivity index (χ1n) is 12.5. The lowest BCUT2D eigenvalue weighted by Gasteiger charge is -2.34. The smallest absolute Gasteiger partial charge is 0.328 e. The molecule has 37 heavy (non-hydrogen) atoms. The van der Waals surface area contributed by atoms with E-state index >= 15 is 0 Å². The molecule has 0 unspecified atom stereocenters. The first-order chi connectivity index (χ1) is 17.6. The lowest BCUT2D eigenvalue weighted by Crippen LogP contribution is -2.37. The summed E-state index contributed by atoms with van der Waals surface area (Å²) in [5.74, 6) is 0.893. The number of imidazole rings is 2. The van der Waals surface area contributed by atoms with Crippen LogP contribution in [0.2, 0.25) is 0 Å². The molecule has 1 aliphatic rings. The highest BCUT2D eigenvalue weighted by atomic mass is 16.1. The summed E-state index contributed by atoms with van der Waals surface area (Å²) in [6.07, 6.45) is 4.82. The molecule has 9 heteroatoms. The molecule has 1 aliphatic heterocycles. The van der Waals surface area contributed by atoms with Gasteiger partial charge in [0.2, 0.25) is 0 Å². The molecule has 6 rings (SSSR count). The number of nitriles is 1. The highest BCUT2D eigenvalue weighted by molar-refractivity contribution is 5.94. The van der Waals surface area contributed by atoms with Gasteiger partial charge < -0.3 is 4.90 Å². The van der Waals surface area contributed by atoms with Crippen LogP contribution in [0.4, 0.5) is 5.69 Å². The molecule has 0 atom stereocenters. The highest BCUT2D eigenvalue weighted by Gasteiger charge is 2.28. The third kappa shape index (κ3) is 3.39. The van der Waals surface area contributed by atoms with E-state index in [0.717, 1.165) is 69.9 Å². The van der Waals surface area contributed by atoms with Crippen LogP contribution in [-0.4, -0.2) is 41.6 Å². The highest BCUT2D eigenvalue weighted by Crippen LogP contribution is 2.37. The van der Waals surface area contributed by atoms with Crippen LogP contribution in [0, 0.1) is 11.3 Å². The molecule has 0 saturated carbocycles. The summed E-state index contributed by atoms with van der Waals surface area (Å²) in [7, 11) is 5.52. The number of aryl methyl sites for hydroxylation is 3. The summed E-state index contributed by atoms with van der Waals surface area (Å²) in [6.45, 7) is 8.36. The van der Waals surface area contributed by atoms with Crippen molar-refractivity contribution >= 4 is 27.8 Å². The zero-order valence-electron chi connectivity index (χ0n) is 22.1. The monoisotopic (exact) mass is 494 g/mol. The molecular formula is C28H30N8O. The van der Waals surface area contributed by atoms with Gasteiger partial charge in [0.25, 0.3) is 0 Å². The van der Waals surface area contributed by atoms with Crippen molar-refractivity contribution in [3.63, 3.8) is 0 Å². The van der Waals surface area contributed by atoms with E-state index in [9.17, 15) is 10.1 Å².